The van der Waals surface area contributed by atoms with E-state index in [0.29, 0.717) is 0 Å². The summed E-state index contributed by atoms with van der Waals surface area (Å²) in [6, 6.07) is 7.83. The molecule has 0 aliphatic carbocycles. The van der Waals surface area contributed by atoms with Gasteiger partial charge in [0, 0.05) is 22.6 Å². The molecule has 0 aliphatic heterocycles. The Labute approximate surface area is 105 Å². The molecule has 0 saturated heterocycles. The van der Waals surface area contributed by atoms with Gasteiger partial charge in [-0.25, -0.2) is 4.98 Å². The molecule has 0 bridgehead atoms. The van der Waals surface area contributed by atoms with Gasteiger partial charge in [-0.2, -0.15) is 0 Å². The van der Waals surface area contributed by atoms with Crippen LogP contribution in [0.3, 0.4) is 0 Å². The van der Waals surface area contributed by atoms with Crippen LogP contribution in [0.1, 0.15) is 17.7 Å². The van der Waals surface area contributed by atoms with Crippen molar-refractivity contribution >= 4 is 11.3 Å². The minimum absolute atomic E-state index is 0.145. The van der Waals surface area contributed by atoms with E-state index < -0.39 is 0 Å². The predicted molar refractivity (Wildman–Crippen MR) is 69.6 cm³/mol. The Kier molecular flexibility index (Phi) is 3.76. The highest BCUT2D eigenvalue weighted by Crippen LogP contribution is 2.30. The van der Waals surface area contributed by atoms with E-state index in [9.17, 15) is 0 Å². The van der Waals surface area contributed by atoms with Gasteiger partial charge in [-0.15, -0.1) is 11.3 Å². The summed E-state index contributed by atoms with van der Waals surface area (Å²) in [4.78, 5) is 5.48. The molecule has 0 aliphatic rings. The molecular formula is C13H15NO2S. The molecule has 0 radical (unpaired) electrons. The lowest BCUT2D eigenvalue weighted by Gasteiger charge is -2.02. The second-order valence-electron chi connectivity index (χ2n) is 3.88. The lowest BCUT2D eigenvalue weighted by molar-refractivity contribution is 0.274. The van der Waals surface area contributed by atoms with Gasteiger partial charge in [0.25, 0.3) is 0 Å². The molecule has 1 aromatic heterocycles. The summed E-state index contributed by atoms with van der Waals surface area (Å²) in [5, 5.41) is 10.1. The molecule has 1 unspecified atom stereocenters. The maximum absolute atomic E-state index is 9.11. The van der Waals surface area contributed by atoms with Crippen molar-refractivity contribution in [3.8, 4) is 16.3 Å². The average Bonchev–Trinajstić information content (AvgIpc) is 2.87. The molecule has 4 heteroatoms. The smallest absolute Gasteiger partial charge is 0.123 e. The van der Waals surface area contributed by atoms with E-state index in [2.05, 4.69) is 4.98 Å². The molecule has 0 amide bonds. The fourth-order valence-electron chi connectivity index (χ4n) is 1.49. The first-order valence-corrected chi connectivity index (χ1v) is 6.27. The minimum atomic E-state index is 0.145. The molecule has 17 heavy (non-hydrogen) atoms. The first kappa shape index (κ1) is 12.1. The van der Waals surface area contributed by atoms with Gasteiger partial charge in [0.2, 0.25) is 0 Å². The number of ether oxygens (including phenoxy) is 1. The van der Waals surface area contributed by atoms with Gasteiger partial charge in [-0.3, -0.25) is 0 Å². The van der Waals surface area contributed by atoms with Gasteiger partial charge < -0.3 is 9.84 Å². The Hall–Kier alpha value is -1.39. The summed E-state index contributed by atoms with van der Waals surface area (Å²) < 4.78 is 5.19. The highest BCUT2D eigenvalue weighted by Gasteiger charge is 2.10. The molecule has 1 heterocycles. The van der Waals surface area contributed by atoms with Crippen molar-refractivity contribution in [2.45, 2.75) is 12.8 Å². The van der Waals surface area contributed by atoms with Gasteiger partial charge in [0.15, 0.2) is 0 Å². The van der Waals surface area contributed by atoms with E-state index in [1.165, 1.54) is 0 Å². The third-order valence-electron chi connectivity index (χ3n) is 2.60. The second-order valence-corrected chi connectivity index (χ2v) is 4.95. The van der Waals surface area contributed by atoms with E-state index in [4.69, 9.17) is 9.84 Å². The van der Waals surface area contributed by atoms with Crippen LogP contribution in [0.15, 0.2) is 30.5 Å². The van der Waals surface area contributed by atoms with E-state index in [1.807, 2.05) is 37.4 Å². The van der Waals surface area contributed by atoms with Gasteiger partial charge in [-0.05, 0) is 12.1 Å². The van der Waals surface area contributed by atoms with Gasteiger partial charge in [0.05, 0.1) is 13.7 Å². The van der Waals surface area contributed by atoms with E-state index in [0.717, 1.165) is 21.2 Å². The van der Waals surface area contributed by atoms with Crippen LogP contribution in [-0.4, -0.2) is 23.8 Å². The minimum Gasteiger partial charge on any atom is -0.497 e. The highest BCUT2D eigenvalue weighted by molar-refractivity contribution is 7.15. The number of aromatic nitrogens is 1. The fourth-order valence-corrected chi connectivity index (χ4v) is 2.45. The summed E-state index contributed by atoms with van der Waals surface area (Å²) in [6.07, 6.45) is 1.83. The Balaban J connectivity index is 2.30. The summed E-state index contributed by atoms with van der Waals surface area (Å²) in [5.41, 5.74) is 1.05. The van der Waals surface area contributed by atoms with Crippen molar-refractivity contribution in [1.82, 2.24) is 4.98 Å². The van der Waals surface area contributed by atoms with Crippen LogP contribution >= 0.6 is 11.3 Å². The summed E-state index contributed by atoms with van der Waals surface area (Å²) >= 11 is 1.61. The lowest BCUT2D eigenvalue weighted by atomic mass is 10.2. The number of hydrogen-bond donors (Lipinski definition) is 1. The van der Waals surface area contributed by atoms with Crippen molar-refractivity contribution in [2.24, 2.45) is 0 Å². The van der Waals surface area contributed by atoms with Crippen LogP contribution in [0.2, 0.25) is 0 Å². The Bertz CT molecular complexity index is 496. The van der Waals surface area contributed by atoms with Crippen molar-refractivity contribution in [3.05, 3.63) is 35.3 Å². The van der Waals surface area contributed by atoms with Gasteiger partial charge >= 0.3 is 0 Å². The molecule has 0 fully saturated rings. The first-order chi connectivity index (χ1) is 8.24. The van der Waals surface area contributed by atoms with Crippen LogP contribution in [0.4, 0.5) is 0 Å². The molecule has 2 aromatic rings. The Morgan fingerprint density at radius 3 is 3.00 bits per heavy atom. The number of benzene rings is 1. The van der Waals surface area contributed by atoms with Gasteiger partial charge in [-0.1, -0.05) is 19.1 Å². The van der Waals surface area contributed by atoms with Crippen LogP contribution < -0.4 is 4.74 Å². The number of thiazole rings is 1. The van der Waals surface area contributed by atoms with Crippen LogP contribution in [0.25, 0.3) is 10.6 Å². The van der Waals surface area contributed by atoms with Crippen molar-refractivity contribution < 1.29 is 9.84 Å². The predicted octanol–water partition coefficient (Wildman–Crippen LogP) is 2.91. The molecule has 90 valence electrons. The fraction of sp³-hybridized carbons (Fsp3) is 0.308. The Morgan fingerprint density at radius 1 is 1.47 bits per heavy atom. The SMILES string of the molecule is COc1cccc(-c2ncc(C(C)CO)s2)c1. The first-order valence-electron chi connectivity index (χ1n) is 5.45. The van der Waals surface area contributed by atoms with Crippen molar-refractivity contribution in [3.63, 3.8) is 0 Å². The maximum atomic E-state index is 9.11. The molecule has 1 aromatic carbocycles. The standard InChI is InChI=1S/C13H15NO2S/c1-9(8-15)12-7-14-13(17-12)10-4-3-5-11(6-10)16-2/h3-7,9,15H,8H2,1-2H3. The molecule has 3 nitrogen and oxygen atoms in total. The quantitative estimate of drug-likeness (QED) is 0.906. The zero-order chi connectivity index (χ0) is 12.3. The zero-order valence-electron chi connectivity index (χ0n) is 9.88. The van der Waals surface area contributed by atoms with Crippen LogP contribution in [-0.2, 0) is 0 Å². The zero-order valence-corrected chi connectivity index (χ0v) is 10.7. The largest absolute Gasteiger partial charge is 0.497 e. The number of aliphatic hydroxyl groups excluding tert-OH is 1. The molecule has 1 atom stereocenters. The van der Waals surface area contributed by atoms with E-state index in [1.54, 1.807) is 18.4 Å². The second kappa shape index (κ2) is 5.29. The number of rotatable bonds is 4. The van der Waals surface area contributed by atoms with Crippen LogP contribution in [0.5, 0.6) is 5.75 Å². The topological polar surface area (TPSA) is 42.4 Å². The molecule has 1 N–H and O–H groups in total. The van der Waals surface area contributed by atoms with Crippen molar-refractivity contribution in [1.29, 1.82) is 0 Å². The summed E-state index contributed by atoms with van der Waals surface area (Å²) in [5.74, 6) is 0.973. The highest BCUT2D eigenvalue weighted by atomic mass is 32.1. The third kappa shape index (κ3) is 2.65. The number of hydrogen-bond acceptors (Lipinski definition) is 4. The van der Waals surface area contributed by atoms with Crippen LogP contribution in [0, 0.1) is 0 Å². The third-order valence-corrected chi connectivity index (χ3v) is 3.88. The molecule has 0 spiro atoms. The monoisotopic (exact) mass is 249 g/mol. The summed E-state index contributed by atoms with van der Waals surface area (Å²) in [6.45, 7) is 2.14. The van der Waals surface area contributed by atoms with Gasteiger partial charge in [0.1, 0.15) is 10.8 Å². The van der Waals surface area contributed by atoms with Crippen molar-refractivity contribution in [2.75, 3.05) is 13.7 Å². The normalized spacial score (nSPS) is 12.4. The lowest BCUT2D eigenvalue weighted by Crippen LogP contribution is -1.94. The number of nitrogens with zero attached hydrogens (tertiary/aromatic N) is 1. The molecular weight excluding hydrogens is 234 g/mol. The number of methoxy groups -OCH3 is 1. The maximum Gasteiger partial charge on any atom is 0.123 e. The summed E-state index contributed by atoms with van der Waals surface area (Å²) in [7, 11) is 1.65. The van der Waals surface area contributed by atoms with E-state index >= 15 is 0 Å². The number of aliphatic hydroxyl groups is 1. The molecule has 2 rings (SSSR count). The average molecular weight is 249 g/mol. The van der Waals surface area contributed by atoms with E-state index in [-0.39, 0.29) is 12.5 Å². The molecule has 0 saturated carbocycles. The Morgan fingerprint density at radius 2 is 2.29 bits per heavy atom.